The van der Waals surface area contributed by atoms with Gasteiger partial charge in [0.25, 0.3) is 0 Å². The zero-order valence-electron chi connectivity index (χ0n) is 11.6. The predicted octanol–water partition coefficient (Wildman–Crippen LogP) is 4.44. The van der Waals surface area contributed by atoms with Crippen LogP contribution in [-0.2, 0) is 11.3 Å². The number of aromatic nitrogens is 1. The van der Waals surface area contributed by atoms with Gasteiger partial charge in [0, 0.05) is 15.8 Å². The van der Waals surface area contributed by atoms with E-state index in [0.717, 1.165) is 14.6 Å². The molecule has 0 aromatic carbocycles. The van der Waals surface area contributed by atoms with E-state index in [1.165, 1.54) is 0 Å². The molecule has 0 N–H and O–H groups in total. The van der Waals surface area contributed by atoms with E-state index in [4.69, 9.17) is 9.26 Å². The summed E-state index contributed by atoms with van der Waals surface area (Å²) in [5.41, 5.74) is 1.23. The molecule has 0 radical (unpaired) electrons. The first-order valence-electron chi connectivity index (χ1n) is 6.37. The lowest BCUT2D eigenvalue weighted by atomic mass is 10.2. The van der Waals surface area contributed by atoms with Crippen molar-refractivity contribution >= 4 is 28.6 Å². The fourth-order valence-corrected chi connectivity index (χ4v) is 3.55. The number of rotatable bonds is 4. The van der Waals surface area contributed by atoms with Crippen molar-refractivity contribution < 1.29 is 14.1 Å². The van der Waals surface area contributed by atoms with Gasteiger partial charge in [0.05, 0.1) is 10.4 Å². The third-order valence-electron chi connectivity index (χ3n) is 2.94. The molecule has 6 heteroatoms. The predicted molar refractivity (Wildman–Crippen MR) is 82.7 cm³/mol. The highest BCUT2D eigenvalue weighted by atomic mass is 32.1. The molecule has 0 aliphatic rings. The van der Waals surface area contributed by atoms with Gasteiger partial charge in [0.15, 0.2) is 5.76 Å². The van der Waals surface area contributed by atoms with E-state index >= 15 is 0 Å². The van der Waals surface area contributed by atoms with Crippen molar-refractivity contribution in [1.82, 2.24) is 5.16 Å². The van der Waals surface area contributed by atoms with Crippen LogP contribution in [0.1, 0.15) is 25.8 Å². The van der Waals surface area contributed by atoms with Crippen LogP contribution in [-0.4, -0.2) is 11.1 Å². The number of carbonyl (C=O) groups excluding carboxylic acids is 1. The number of aryl methyl sites for hydroxylation is 2. The number of ether oxygens (including phenoxy) is 1. The number of thiophene rings is 2. The van der Waals surface area contributed by atoms with Gasteiger partial charge in [-0.2, -0.15) is 0 Å². The number of carbonyl (C=O) groups is 1. The standard InChI is InChI=1S/C15H13NO3S2/c1-9-6-12(10(2)21-9)15(17)18-8-11-7-13(19-16-11)14-4-3-5-20-14/h3-7H,8H2,1-2H3. The molecule has 3 heterocycles. The summed E-state index contributed by atoms with van der Waals surface area (Å²) in [6.45, 7) is 4.00. The van der Waals surface area contributed by atoms with Crippen LogP contribution in [0.4, 0.5) is 0 Å². The average molecular weight is 319 g/mol. The second kappa shape index (κ2) is 5.83. The smallest absolute Gasteiger partial charge is 0.339 e. The second-order valence-electron chi connectivity index (χ2n) is 4.56. The van der Waals surface area contributed by atoms with E-state index in [0.29, 0.717) is 17.0 Å². The second-order valence-corrected chi connectivity index (χ2v) is 6.97. The van der Waals surface area contributed by atoms with Crippen LogP contribution in [0.25, 0.3) is 10.6 Å². The molecule has 0 saturated carbocycles. The molecule has 3 aromatic heterocycles. The summed E-state index contributed by atoms with van der Waals surface area (Å²) < 4.78 is 10.5. The van der Waals surface area contributed by atoms with Gasteiger partial charge in [-0.3, -0.25) is 0 Å². The van der Waals surface area contributed by atoms with Crippen LogP contribution in [0.2, 0.25) is 0 Å². The zero-order valence-corrected chi connectivity index (χ0v) is 13.2. The summed E-state index contributed by atoms with van der Waals surface area (Å²) in [5.74, 6) is 0.371. The fourth-order valence-electron chi connectivity index (χ4n) is 1.97. The molecule has 108 valence electrons. The lowest BCUT2D eigenvalue weighted by Crippen LogP contribution is -2.05. The van der Waals surface area contributed by atoms with E-state index in [9.17, 15) is 4.79 Å². The van der Waals surface area contributed by atoms with Crippen LogP contribution in [0.5, 0.6) is 0 Å². The highest BCUT2D eigenvalue weighted by molar-refractivity contribution is 7.13. The molecule has 0 atom stereocenters. The van der Waals surface area contributed by atoms with Crippen molar-refractivity contribution in [1.29, 1.82) is 0 Å². The molecule has 0 fully saturated rings. The van der Waals surface area contributed by atoms with Gasteiger partial charge in [-0.25, -0.2) is 4.79 Å². The van der Waals surface area contributed by atoms with Crippen molar-refractivity contribution in [2.45, 2.75) is 20.5 Å². The van der Waals surface area contributed by atoms with Crippen LogP contribution >= 0.6 is 22.7 Å². The minimum absolute atomic E-state index is 0.113. The Morgan fingerprint density at radius 2 is 2.24 bits per heavy atom. The third-order valence-corrected chi connectivity index (χ3v) is 4.79. The molecule has 0 aliphatic carbocycles. The maximum absolute atomic E-state index is 12.0. The molecular formula is C15H13NO3S2. The Hall–Kier alpha value is -1.92. The monoisotopic (exact) mass is 319 g/mol. The molecule has 0 aliphatic heterocycles. The van der Waals surface area contributed by atoms with Crippen LogP contribution in [0.15, 0.2) is 34.2 Å². The fraction of sp³-hybridized carbons (Fsp3) is 0.200. The Morgan fingerprint density at radius 1 is 1.38 bits per heavy atom. The van der Waals surface area contributed by atoms with Gasteiger partial charge >= 0.3 is 5.97 Å². The zero-order chi connectivity index (χ0) is 14.8. The van der Waals surface area contributed by atoms with Crippen molar-refractivity contribution in [2.24, 2.45) is 0 Å². The van der Waals surface area contributed by atoms with Crippen LogP contribution in [0.3, 0.4) is 0 Å². The molecule has 0 spiro atoms. The topological polar surface area (TPSA) is 52.3 Å². The Morgan fingerprint density at radius 3 is 2.90 bits per heavy atom. The minimum atomic E-state index is -0.322. The number of esters is 1. The summed E-state index contributed by atoms with van der Waals surface area (Å²) in [5, 5.41) is 5.89. The highest BCUT2D eigenvalue weighted by Gasteiger charge is 2.15. The van der Waals surface area contributed by atoms with Gasteiger partial charge in [0.2, 0.25) is 0 Å². The summed E-state index contributed by atoms with van der Waals surface area (Å²) in [6.07, 6.45) is 0. The summed E-state index contributed by atoms with van der Waals surface area (Å²) in [6, 6.07) is 7.55. The SMILES string of the molecule is Cc1cc(C(=O)OCc2cc(-c3cccs3)on2)c(C)s1. The van der Waals surface area contributed by atoms with Crippen LogP contribution < -0.4 is 0 Å². The van der Waals surface area contributed by atoms with Crippen molar-refractivity contribution in [3.63, 3.8) is 0 Å². The highest BCUT2D eigenvalue weighted by Crippen LogP contribution is 2.26. The Balaban J connectivity index is 1.65. The molecule has 3 aromatic rings. The first kappa shape index (κ1) is 14.0. The Labute approximate surface area is 130 Å². The number of hydrogen-bond acceptors (Lipinski definition) is 6. The van der Waals surface area contributed by atoms with E-state index in [1.54, 1.807) is 28.7 Å². The largest absolute Gasteiger partial charge is 0.455 e. The lowest BCUT2D eigenvalue weighted by molar-refractivity contribution is 0.0464. The average Bonchev–Trinajstić information content (AvgIpc) is 3.15. The third kappa shape index (κ3) is 3.06. The maximum Gasteiger partial charge on any atom is 0.339 e. The maximum atomic E-state index is 12.0. The normalized spacial score (nSPS) is 10.8. The molecule has 0 saturated heterocycles. The lowest BCUT2D eigenvalue weighted by Gasteiger charge is -2.01. The summed E-state index contributed by atoms with van der Waals surface area (Å²) in [4.78, 5) is 15.1. The van der Waals surface area contributed by atoms with E-state index in [-0.39, 0.29) is 12.6 Å². The molecule has 0 bridgehead atoms. The van der Waals surface area contributed by atoms with Crippen molar-refractivity contribution in [2.75, 3.05) is 0 Å². The number of hydrogen-bond donors (Lipinski definition) is 0. The molecule has 0 unspecified atom stereocenters. The molecule has 4 nitrogen and oxygen atoms in total. The van der Waals surface area contributed by atoms with Crippen LogP contribution in [0, 0.1) is 13.8 Å². The van der Waals surface area contributed by atoms with Gasteiger partial charge in [-0.05, 0) is 31.4 Å². The van der Waals surface area contributed by atoms with Gasteiger partial charge in [-0.15, -0.1) is 22.7 Å². The summed E-state index contributed by atoms with van der Waals surface area (Å²) >= 11 is 3.16. The van der Waals surface area contributed by atoms with E-state index < -0.39 is 0 Å². The quantitative estimate of drug-likeness (QED) is 0.667. The van der Waals surface area contributed by atoms with Crippen molar-refractivity contribution in [3.8, 4) is 10.6 Å². The first-order chi connectivity index (χ1) is 10.1. The van der Waals surface area contributed by atoms with E-state index in [1.807, 2.05) is 37.4 Å². The van der Waals surface area contributed by atoms with Gasteiger partial charge in [-0.1, -0.05) is 11.2 Å². The molecule has 3 rings (SSSR count). The molecule has 0 amide bonds. The first-order valence-corrected chi connectivity index (χ1v) is 8.07. The van der Waals surface area contributed by atoms with E-state index in [2.05, 4.69) is 5.16 Å². The van der Waals surface area contributed by atoms with Gasteiger partial charge in [0.1, 0.15) is 12.3 Å². The van der Waals surface area contributed by atoms with Gasteiger partial charge < -0.3 is 9.26 Å². The van der Waals surface area contributed by atoms with Crippen molar-refractivity contribution in [3.05, 3.63) is 50.7 Å². The Bertz CT molecular complexity index is 756. The minimum Gasteiger partial charge on any atom is -0.455 e. The molecular weight excluding hydrogens is 306 g/mol. The summed E-state index contributed by atoms with van der Waals surface area (Å²) in [7, 11) is 0. The number of nitrogens with zero attached hydrogens (tertiary/aromatic N) is 1. The Kier molecular flexibility index (Phi) is 3.90. The molecule has 21 heavy (non-hydrogen) atoms.